The molecule has 32 heavy (non-hydrogen) atoms. The molecule has 2 N–H and O–H groups in total. The predicted octanol–water partition coefficient (Wildman–Crippen LogP) is 4.71. The Labute approximate surface area is 190 Å². The molecule has 6 nitrogen and oxygen atoms in total. The molecule has 6 heteroatoms. The van der Waals surface area contributed by atoms with E-state index in [0.29, 0.717) is 26.2 Å². The maximum absolute atomic E-state index is 12.9. The van der Waals surface area contributed by atoms with Gasteiger partial charge in [0.05, 0.1) is 18.3 Å². The smallest absolute Gasteiger partial charge is 0.410 e. The van der Waals surface area contributed by atoms with E-state index < -0.39 is 0 Å². The van der Waals surface area contributed by atoms with Crippen molar-refractivity contribution >= 4 is 6.09 Å². The second kappa shape index (κ2) is 9.17. The van der Waals surface area contributed by atoms with Crippen molar-refractivity contribution in [2.45, 2.75) is 33.4 Å². The summed E-state index contributed by atoms with van der Waals surface area (Å²) in [6.45, 7) is 8.51. The third-order valence-electron chi connectivity index (χ3n) is 5.91. The van der Waals surface area contributed by atoms with Gasteiger partial charge in [-0.05, 0) is 11.0 Å². The van der Waals surface area contributed by atoms with Gasteiger partial charge in [-0.15, -0.1) is 0 Å². The number of rotatable bonds is 6. The van der Waals surface area contributed by atoms with Crippen molar-refractivity contribution in [3.63, 3.8) is 0 Å². The fraction of sp³-hybridized carbons (Fsp3) is 0.385. The third kappa shape index (κ3) is 4.70. The molecule has 1 aliphatic rings. The number of nitrogens with zero attached hydrogens (tertiary/aromatic N) is 3. The van der Waals surface area contributed by atoms with Gasteiger partial charge in [0.2, 0.25) is 0 Å². The second-order valence-corrected chi connectivity index (χ2v) is 9.56. The molecule has 1 aliphatic heterocycles. The van der Waals surface area contributed by atoms with Crippen LogP contribution in [0.1, 0.15) is 38.2 Å². The first-order valence-corrected chi connectivity index (χ1v) is 11.2. The third-order valence-corrected chi connectivity index (χ3v) is 5.91. The van der Waals surface area contributed by atoms with Crippen molar-refractivity contribution in [2.24, 2.45) is 17.1 Å². The van der Waals surface area contributed by atoms with Gasteiger partial charge in [-0.3, -0.25) is 4.90 Å². The van der Waals surface area contributed by atoms with E-state index in [-0.39, 0.29) is 23.5 Å². The first kappa shape index (κ1) is 22.1. The lowest BCUT2D eigenvalue weighted by Gasteiger charge is -2.42. The Bertz CT molecular complexity index is 1040. The zero-order valence-corrected chi connectivity index (χ0v) is 19.1. The highest BCUT2D eigenvalue weighted by molar-refractivity contribution is 5.69. The van der Waals surface area contributed by atoms with Gasteiger partial charge >= 0.3 is 6.09 Å². The lowest BCUT2D eigenvalue weighted by molar-refractivity contribution is 0.000734. The van der Waals surface area contributed by atoms with Crippen LogP contribution in [0.2, 0.25) is 0 Å². The van der Waals surface area contributed by atoms with Crippen LogP contribution in [0, 0.1) is 11.3 Å². The molecule has 2 atom stereocenters. The highest BCUT2D eigenvalue weighted by Gasteiger charge is 2.41. The Morgan fingerprint density at radius 3 is 2.38 bits per heavy atom. The van der Waals surface area contributed by atoms with Crippen LogP contribution >= 0.6 is 0 Å². The molecule has 168 valence electrons. The molecule has 1 amide bonds. The molecular weight excluding hydrogens is 400 g/mol. The summed E-state index contributed by atoms with van der Waals surface area (Å²) in [5, 5.41) is 0. The van der Waals surface area contributed by atoms with Gasteiger partial charge < -0.3 is 15.0 Å². The monoisotopic (exact) mass is 432 g/mol. The van der Waals surface area contributed by atoms with Gasteiger partial charge in [0.15, 0.2) is 0 Å². The summed E-state index contributed by atoms with van der Waals surface area (Å²) in [5.74, 6) is 0.971. The Morgan fingerprint density at radius 2 is 1.75 bits per heavy atom. The SMILES string of the molecule is CC(C)(C)[C@H](c1nc(-c2ccccc2)cn1Cc1ccccc1)N1C[C@@H](CN)COC1=O. The highest BCUT2D eigenvalue weighted by Crippen LogP contribution is 2.40. The fourth-order valence-electron chi connectivity index (χ4n) is 4.33. The molecule has 0 unspecified atom stereocenters. The number of carbonyl (C=O) groups is 1. The number of ether oxygens (including phenoxy) is 1. The minimum Gasteiger partial charge on any atom is -0.449 e. The van der Waals surface area contributed by atoms with E-state index in [0.717, 1.165) is 17.1 Å². The van der Waals surface area contributed by atoms with Gasteiger partial charge in [-0.2, -0.15) is 0 Å². The van der Waals surface area contributed by atoms with Crippen LogP contribution < -0.4 is 5.73 Å². The number of amides is 1. The Morgan fingerprint density at radius 1 is 1.09 bits per heavy atom. The molecule has 2 heterocycles. The number of carbonyl (C=O) groups excluding carboxylic acids is 1. The summed E-state index contributed by atoms with van der Waals surface area (Å²) in [6.07, 6.45) is 1.79. The summed E-state index contributed by atoms with van der Waals surface area (Å²) in [7, 11) is 0. The summed E-state index contributed by atoms with van der Waals surface area (Å²) >= 11 is 0. The average Bonchev–Trinajstić information content (AvgIpc) is 3.18. The quantitative estimate of drug-likeness (QED) is 0.612. The van der Waals surface area contributed by atoms with Crippen molar-refractivity contribution in [1.82, 2.24) is 14.5 Å². The zero-order valence-electron chi connectivity index (χ0n) is 19.1. The largest absolute Gasteiger partial charge is 0.449 e. The van der Waals surface area contributed by atoms with Gasteiger partial charge in [-0.1, -0.05) is 81.4 Å². The summed E-state index contributed by atoms with van der Waals surface area (Å²) in [4.78, 5) is 19.8. The zero-order chi connectivity index (χ0) is 22.7. The molecule has 1 aromatic heterocycles. The van der Waals surface area contributed by atoms with E-state index in [2.05, 4.69) is 55.8 Å². The number of aromatic nitrogens is 2. The first-order chi connectivity index (χ1) is 15.4. The number of hydrogen-bond acceptors (Lipinski definition) is 4. The van der Waals surface area contributed by atoms with Crippen molar-refractivity contribution in [3.05, 3.63) is 78.2 Å². The van der Waals surface area contributed by atoms with E-state index in [4.69, 9.17) is 15.5 Å². The Hall–Kier alpha value is -3.12. The number of cyclic esters (lactones) is 1. The Kier molecular flexibility index (Phi) is 6.33. The Balaban J connectivity index is 1.81. The molecule has 0 aliphatic carbocycles. The molecule has 0 spiro atoms. The fourth-order valence-corrected chi connectivity index (χ4v) is 4.33. The van der Waals surface area contributed by atoms with E-state index >= 15 is 0 Å². The molecule has 0 saturated carbocycles. The summed E-state index contributed by atoms with van der Waals surface area (Å²) in [6, 6.07) is 20.2. The van der Waals surface area contributed by atoms with E-state index in [9.17, 15) is 4.79 Å². The van der Waals surface area contributed by atoms with Crippen LogP contribution in [-0.2, 0) is 11.3 Å². The van der Waals surface area contributed by atoms with Crippen LogP contribution in [0.25, 0.3) is 11.3 Å². The maximum Gasteiger partial charge on any atom is 0.410 e. The number of nitrogens with two attached hydrogens (primary N) is 1. The van der Waals surface area contributed by atoms with Crippen LogP contribution in [0.5, 0.6) is 0 Å². The van der Waals surface area contributed by atoms with Crippen molar-refractivity contribution in [3.8, 4) is 11.3 Å². The highest BCUT2D eigenvalue weighted by atomic mass is 16.6. The van der Waals surface area contributed by atoms with Crippen LogP contribution in [0.4, 0.5) is 4.79 Å². The van der Waals surface area contributed by atoms with Crippen molar-refractivity contribution < 1.29 is 9.53 Å². The molecule has 1 saturated heterocycles. The van der Waals surface area contributed by atoms with Crippen LogP contribution in [-0.4, -0.2) is 40.2 Å². The minimum absolute atomic E-state index is 0.115. The summed E-state index contributed by atoms with van der Waals surface area (Å²) in [5.41, 5.74) is 8.80. The lowest BCUT2D eigenvalue weighted by atomic mass is 9.84. The molecule has 3 aromatic rings. The molecule has 0 radical (unpaired) electrons. The molecule has 4 rings (SSSR count). The summed E-state index contributed by atoms with van der Waals surface area (Å²) < 4.78 is 7.68. The molecule has 0 bridgehead atoms. The molecule has 2 aromatic carbocycles. The van der Waals surface area contributed by atoms with Gasteiger partial charge in [0.1, 0.15) is 5.82 Å². The minimum atomic E-state index is -0.301. The first-order valence-electron chi connectivity index (χ1n) is 11.2. The maximum atomic E-state index is 12.9. The number of hydrogen-bond donors (Lipinski definition) is 1. The van der Waals surface area contributed by atoms with Crippen molar-refractivity contribution in [2.75, 3.05) is 19.7 Å². The number of benzene rings is 2. The molecule has 1 fully saturated rings. The topological polar surface area (TPSA) is 73.4 Å². The van der Waals surface area contributed by atoms with Gasteiger partial charge in [-0.25, -0.2) is 9.78 Å². The van der Waals surface area contributed by atoms with E-state index in [1.807, 2.05) is 41.3 Å². The predicted molar refractivity (Wildman–Crippen MR) is 126 cm³/mol. The lowest BCUT2D eigenvalue weighted by Crippen LogP contribution is -2.50. The van der Waals surface area contributed by atoms with Crippen LogP contribution in [0.3, 0.4) is 0 Å². The van der Waals surface area contributed by atoms with Crippen molar-refractivity contribution in [1.29, 1.82) is 0 Å². The van der Waals surface area contributed by atoms with Gasteiger partial charge in [0.25, 0.3) is 0 Å². The normalized spacial score (nSPS) is 17.8. The number of imidazole rings is 1. The van der Waals surface area contributed by atoms with E-state index in [1.165, 1.54) is 5.56 Å². The standard InChI is InChI=1S/C26H32N4O2/c1-26(2,3)23(30-16-20(14-27)18-32-25(30)31)24-28-22(21-12-8-5-9-13-21)17-29(24)15-19-10-6-4-7-11-19/h4-13,17,20,23H,14-16,18,27H2,1-3H3/t20-,23+/m1/s1. The van der Waals surface area contributed by atoms with E-state index in [1.54, 1.807) is 0 Å². The average molecular weight is 433 g/mol. The van der Waals surface area contributed by atoms with Crippen LogP contribution in [0.15, 0.2) is 66.9 Å². The van der Waals surface area contributed by atoms with Gasteiger partial charge in [0, 0.05) is 37.3 Å². The second-order valence-electron chi connectivity index (χ2n) is 9.56. The molecular formula is C26H32N4O2.